The number of hydrogen-bond acceptors (Lipinski definition) is 5. The molecule has 0 fully saturated rings. The normalized spacial score (nSPS) is 11.1. The number of nitrogens with zero attached hydrogens (tertiary/aromatic N) is 4. The third-order valence-electron chi connectivity index (χ3n) is 5.40. The average Bonchev–Trinajstić information content (AvgIpc) is 3.44. The van der Waals surface area contributed by atoms with Crippen molar-refractivity contribution in [2.75, 3.05) is 0 Å². The van der Waals surface area contributed by atoms with Crippen molar-refractivity contribution in [1.29, 1.82) is 0 Å². The van der Waals surface area contributed by atoms with Gasteiger partial charge in [-0.1, -0.05) is 29.8 Å². The molecule has 2 aromatic heterocycles. The Labute approximate surface area is 184 Å². The number of benzene rings is 3. The SMILES string of the molecule is Cc1ccc(-c2nnc(-c3ccc(C(=O)NCc4nc5ccccc5n4C)cc3)o2)cc1. The summed E-state index contributed by atoms with van der Waals surface area (Å²) < 4.78 is 7.80. The van der Waals surface area contributed by atoms with E-state index in [4.69, 9.17) is 4.42 Å². The molecule has 7 heteroatoms. The summed E-state index contributed by atoms with van der Waals surface area (Å²) in [6, 6.07) is 22.9. The van der Waals surface area contributed by atoms with Crippen LogP contribution in [0, 0.1) is 6.92 Å². The zero-order valence-electron chi connectivity index (χ0n) is 17.7. The molecule has 0 bridgehead atoms. The first-order valence-electron chi connectivity index (χ1n) is 10.3. The van der Waals surface area contributed by atoms with E-state index in [2.05, 4.69) is 20.5 Å². The van der Waals surface area contributed by atoms with Gasteiger partial charge in [0.1, 0.15) is 5.82 Å². The molecule has 0 spiro atoms. The highest BCUT2D eigenvalue weighted by Crippen LogP contribution is 2.24. The lowest BCUT2D eigenvalue weighted by molar-refractivity contribution is 0.0949. The number of imidazole rings is 1. The summed E-state index contributed by atoms with van der Waals surface area (Å²) in [6.07, 6.45) is 0. The molecule has 0 saturated carbocycles. The molecule has 0 aliphatic carbocycles. The van der Waals surface area contributed by atoms with Crippen LogP contribution in [0.15, 0.2) is 77.2 Å². The highest BCUT2D eigenvalue weighted by atomic mass is 16.4. The van der Waals surface area contributed by atoms with Gasteiger partial charge in [0, 0.05) is 23.7 Å². The predicted molar refractivity (Wildman–Crippen MR) is 122 cm³/mol. The van der Waals surface area contributed by atoms with Gasteiger partial charge < -0.3 is 14.3 Å². The number of aromatic nitrogens is 4. The van der Waals surface area contributed by atoms with Crippen LogP contribution in [0.5, 0.6) is 0 Å². The highest BCUT2D eigenvalue weighted by molar-refractivity contribution is 5.94. The fourth-order valence-electron chi connectivity index (χ4n) is 3.53. The second-order valence-electron chi connectivity index (χ2n) is 7.61. The standard InChI is InChI=1S/C25H21N5O2/c1-16-7-9-18(10-8-16)24-28-29-25(32-24)19-13-11-17(12-14-19)23(31)26-15-22-27-20-5-3-4-6-21(20)30(22)2/h3-14H,15H2,1-2H3,(H,26,31). The van der Waals surface area contributed by atoms with Gasteiger partial charge in [-0.15, -0.1) is 10.2 Å². The van der Waals surface area contributed by atoms with Gasteiger partial charge in [-0.3, -0.25) is 4.79 Å². The van der Waals surface area contributed by atoms with Gasteiger partial charge in [-0.25, -0.2) is 4.98 Å². The Morgan fingerprint density at radius 3 is 2.19 bits per heavy atom. The minimum Gasteiger partial charge on any atom is -0.416 e. The molecule has 1 amide bonds. The Hall–Kier alpha value is -4.26. The van der Waals surface area contributed by atoms with Crippen molar-refractivity contribution < 1.29 is 9.21 Å². The zero-order chi connectivity index (χ0) is 22.1. The maximum absolute atomic E-state index is 12.6. The van der Waals surface area contributed by atoms with E-state index < -0.39 is 0 Å². The smallest absolute Gasteiger partial charge is 0.251 e. The Bertz CT molecular complexity index is 1400. The van der Waals surface area contributed by atoms with Crippen LogP contribution in [-0.4, -0.2) is 25.7 Å². The third-order valence-corrected chi connectivity index (χ3v) is 5.40. The quantitative estimate of drug-likeness (QED) is 0.449. The lowest BCUT2D eigenvalue weighted by atomic mass is 10.1. The summed E-state index contributed by atoms with van der Waals surface area (Å²) in [5.74, 6) is 1.50. The third kappa shape index (κ3) is 3.76. The highest BCUT2D eigenvalue weighted by Gasteiger charge is 2.13. The minimum absolute atomic E-state index is 0.172. The first-order valence-corrected chi connectivity index (χ1v) is 10.3. The van der Waals surface area contributed by atoms with Crippen molar-refractivity contribution in [3.05, 3.63) is 89.7 Å². The second kappa shape index (κ2) is 8.11. The number of carbonyl (C=O) groups excluding carboxylic acids is 1. The molecule has 3 aromatic carbocycles. The lowest BCUT2D eigenvalue weighted by Crippen LogP contribution is -2.24. The first-order chi connectivity index (χ1) is 15.6. The molecule has 0 aliphatic rings. The Balaban J connectivity index is 1.27. The summed E-state index contributed by atoms with van der Waals surface area (Å²) >= 11 is 0. The molecular formula is C25H21N5O2. The van der Waals surface area contributed by atoms with Crippen molar-refractivity contribution in [1.82, 2.24) is 25.1 Å². The van der Waals surface area contributed by atoms with Gasteiger partial charge in [0.2, 0.25) is 11.8 Å². The minimum atomic E-state index is -0.172. The Morgan fingerprint density at radius 2 is 1.53 bits per heavy atom. The van der Waals surface area contributed by atoms with Crippen LogP contribution in [-0.2, 0) is 13.6 Å². The van der Waals surface area contributed by atoms with Crippen LogP contribution in [0.2, 0.25) is 0 Å². The molecule has 1 N–H and O–H groups in total. The molecule has 0 radical (unpaired) electrons. The van der Waals surface area contributed by atoms with Crippen LogP contribution in [0.3, 0.4) is 0 Å². The molecule has 158 valence electrons. The molecule has 0 aliphatic heterocycles. The van der Waals surface area contributed by atoms with E-state index in [0.717, 1.165) is 28.0 Å². The Kier molecular flexibility index (Phi) is 4.99. The second-order valence-corrected chi connectivity index (χ2v) is 7.61. The molecular weight excluding hydrogens is 402 g/mol. The van der Waals surface area contributed by atoms with Crippen molar-refractivity contribution >= 4 is 16.9 Å². The van der Waals surface area contributed by atoms with Crippen LogP contribution >= 0.6 is 0 Å². The van der Waals surface area contributed by atoms with Crippen LogP contribution in [0.25, 0.3) is 33.9 Å². The van der Waals surface area contributed by atoms with E-state index in [9.17, 15) is 4.79 Å². The number of amides is 1. The topological polar surface area (TPSA) is 85.8 Å². The monoisotopic (exact) mass is 423 g/mol. The van der Waals surface area contributed by atoms with E-state index in [-0.39, 0.29) is 5.91 Å². The fraction of sp³-hybridized carbons (Fsp3) is 0.120. The number of aryl methyl sites for hydroxylation is 2. The maximum atomic E-state index is 12.6. The lowest BCUT2D eigenvalue weighted by Gasteiger charge is -2.06. The molecule has 2 heterocycles. The summed E-state index contributed by atoms with van der Waals surface area (Å²) in [4.78, 5) is 17.2. The Morgan fingerprint density at radius 1 is 0.906 bits per heavy atom. The fourth-order valence-corrected chi connectivity index (χ4v) is 3.53. The van der Waals surface area contributed by atoms with Gasteiger partial charge in [-0.2, -0.15) is 0 Å². The number of para-hydroxylation sites is 2. The molecule has 7 nitrogen and oxygen atoms in total. The number of nitrogens with one attached hydrogen (secondary N) is 1. The van der Waals surface area contributed by atoms with E-state index >= 15 is 0 Å². The zero-order valence-corrected chi connectivity index (χ0v) is 17.7. The van der Waals surface area contributed by atoms with E-state index in [1.54, 1.807) is 24.3 Å². The van der Waals surface area contributed by atoms with Crippen LogP contribution < -0.4 is 5.32 Å². The van der Waals surface area contributed by atoms with E-state index in [0.29, 0.717) is 23.9 Å². The van der Waals surface area contributed by atoms with Gasteiger partial charge >= 0.3 is 0 Å². The largest absolute Gasteiger partial charge is 0.416 e. The molecule has 5 rings (SSSR count). The maximum Gasteiger partial charge on any atom is 0.251 e. The molecule has 32 heavy (non-hydrogen) atoms. The number of rotatable bonds is 5. The van der Waals surface area contributed by atoms with Gasteiger partial charge in [-0.05, 0) is 55.5 Å². The summed E-state index contributed by atoms with van der Waals surface area (Å²) in [5.41, 5.74) is 5.28. The predicted octanol–water partition coefficient (Wildman–Crippen LogP) is 4.53. The number of fused-ring (bicyclic) bond motifs is 1. The van der Waals surface area contributed by atoms with Gasteiger partial charge in [0.15, 0.2) is 0 Å². The summed E-state index contributed by atoms with van der Waals surface area (Å²) in [6.45, 7) is 2.37. The number of hydrogen-bond donors (Lipinski definition) is 1. The van der Waals surface area contributed by atoms with Crippen molar-refractivity contribution in [3.8, 4) is 22.9 Å². The van der Waals surface area contributed by atoms with E-state index in [1.165, 1.54) is 5.56 Å². The van der Waals surface area contributed by atoms with Crippen molar-refractivity contribution in [2.24, 2.45) is 7.05 Å². The average molecular weight is 423 g/mol. The van der Waals surface area contributed by atoms with Crippen LogP contribution in [0.4, 0.5) is 0 Å². The number of carbonyl (C=O) groups is 1. The summed E-state index contributed by atoms with van der Waals surface area (Å²) in [7, 11) is 1.95. The van der Waals surface area contributed by atoms with Crippen LogP contribution in [0.1, 0.15) is 21.7 Å². The molecule has 0 saturated heterocycles. The molecule has 5 aromatic rings. The van der Waals surface area contributed by atoms with Gasteiger partial charge in [0.05, 0.1) is 17.6 Å². The van der Waals surface area contributed by atoms with E-state index in [1.807, 2.05) is 67.1 Å². The van der Waals surface area contributed by atoms with Crippen molar-refractivity contribution in [2.45, 2.75) is 13.5 Å². The molecule has 0 unspecified atom stereocenters. The summed E-state index contributed by atoms with van der Waals surface area (Å²) in [5, 5.41) is 11.2. The molecule has 0 atom stereocenters. The first kappa shape index (κ1) is 19.7. The van der Waals surface area contributed by atoms with Crippen molar-refractivity contribution in [3.63, 3.8) is 0 Å². The van der Waals surface area contributed by atoms with Gasteiger partial charge in [0.25, 0.3) is 5.91 Å².